The van der Waals surface area contributed by atoms with Crippen molar-refractivity contribution in [3.63, 3.8) is 0 Å². The molecule has 1 N–H and O–H groups in total. The lowest BCUT2D eigenvalue weighted by Gasteiger charge is -2.08. The Bertz CT molecular complexity index is 424. The van der Waals surface area contributed by atoms with Crippen LogP contribution < -0.4 is 0 Å². The highest BCUT2D eigenvalue weighted by Crippen LogP contribution is 2.19. The molecule has 0 spiro atoms. The van der Waals surface area contributed by atoms with E-state index in [-0.39, 0.29) is 0 Å². The Balaban J connectivity index is 3.12. The Hall–Kier alpha value is -1.48. The van der Waals surface area contributed by atoms with Gasteiger partial charge in [-0.25, -0.2) is 4.79 Å². The van der Waals surface area contributed by atoms with Crippen molar-refractivity contribution in [3.05, 3.63) is 46.2 Å². The fraction of sp³-hybridized carbons (Fsp3) is 0.250. The van der Waals surface area contributed by atoms with E-state index in [4.69, 9.17) is 16.7 Å². The molecule has 0 fully saturated rings. The molecule has 3 nitrogen and oxygen atoms in total. The summed E-state index contributed by atoms with van der Waals surface area (Å²) >= 11 is 5.82. The Kier molecular flexibility index (Phi) is 4.38. The SMILES string of the molecule is COC(=O)c1cc(Cl)ccc1C/C(C)=C/O. The van der Waals surface area contributed by atoms with Gasteiger partial charge in [0.05, 0.1) is 18.9 Å². The van der Waals surface area contributed by atoms with Crippen molar-refractivity contribution in [2.75, 3.05) is 7.11 Å². The summed E-state index contributed by atoms with van der Waals surface area (Å²) in [5, 5.41) is 9.31. The van der Waals surface area contributed by atoms with Gasteiger partial charge in [0.15, 0.2) is 0 Å². The first-order valence-corrected chi connectivity index (χ1v) is 5.13. The first kappa shape index (κ1) is 12.6. The summed E-state index contributed by atoms with van der Waals surface area (Å²) in [5.41, 5.74) is 1.96. The second kappa shape index (κ2) is 5.56. The number of halogens is 1. The monoisotopic (exact) mass is 240 g/mol. The molecule has 0 saturated heterocycles. The van der Waals surface area contributed by atoms with Crippen LogP contribution in [0.5, 0.6) is 0 Å². The zero-order chi connectivity index (χ0) is 12.1. The number of carbonyl (C=O) groups is 1. The van der Waals surface area contributed by atoms with Gasteiger partial charge in [0.2, 0.25) is 0 Å². The summed E-state index contributed by atoms with van der Waals surface area (Å²) < 4.78 is 4.67. The van der Waals surface area contributed by atoms with Crippen molar-refractivity contribution in [2.24, 2.45) is 0 Å². The van der Waals surface area contributed by atoms with Crippen LogP contribution in [0.4, 0.5) is 0 Å². The minimum absolute atomic E-state index is 0.427. The summed E-state index contributed by atoms with van der Waals surface area (Å²) in [6, 6.07) is 5.02. The third-order valence-electron chi connectivity index (χ3n) is 2.17. The second-order valence-electron chi connectivity index (χ2n) is 3.45. The van der Waals surface area contributed by atoms with E-state index < -0.39 is 5.97 Å². The van der Waals surface area contributed by atoms with Crippen molar-refractivity contribution in [1.29, 1.82) is 0 Å². The predicted octanol–water partition coefficient (Wildman–Crippen LogP) is 3.13. The van der Waals surface area contributed by atoms with Crippen LogP contribution in [0.1, 0.15) is 22.8 Å². The first-order chi connectivity index (χ1) is 7.58. The van der Waals surface area contributed by atoms with Crippen LogP contribution in [0.3, 0.4) is 0 Å². The van der Waals surface area contributed by atoms with Gasteiger partial charge in [0, 0.05) is 5.02 Å². The molecule has 4 heteroatoms. The molecule has 0 amide bonds. The molecule has 86 valence electrons. The van der Waals surface area contributed by atoms with Gasteiger partial charge in [-0.1, -0.05) is 17.7 Å². The van der Waals surface area contributed by atoms with Gasteiger partial charge in [-0.2, -0.15) is 0 Å². The number of methoxy groups -OCH3 is 1. The number of allylic oxidation sites excluding steroid dienone is 1. The molecule has 0 radical (unpaired) electrons. The number of carbonyl (C=O) groups excluding carboxylic acids is 1. The number of hydrogen-bond acceptors (Lipinski definition) is 3. The molecular formula is C12H13ClO3. The summed E-state index contributed by atoms with van der Waals surface area (Å²) in [4.78, 5) is 11.5. The van der Waals surface area contributed by atoms with Gasteiger partial charge in [-0.3, -0.25) is 0 Å². The molecule has 0 atom stereocenters. The largest absolute Gasteiger partial charge is 0.516 e. The topological polar surface area (TPSA) is 46.5 Å². The lowest BCUT2D eigenvalue weighted by Crippen LogP contribution is -2.06. The number of rotatable bonds is 3. The molecule has 0 saturated carbocycles. The van der Waals surface area contributed by atoms with E-state index in [1.165, 1.54) is 7.11 Å². The minimum atomic E-state index is -0.428. The van der Waals surface area contributed by atoms with Gasteiger partial charge in [0.1, 0.15) is 0 Å². The third-order valence-corrected chi connectivity index (χ3v) is 2.40. The average molecular weight is 241 g/mol. The van der Waals surface area contributed by atoms with E-state index in [9.17, 15) is 4.79 Å². The van der Waals surface area contributed by atoms with Crippen molar-refractivity contribution in [1.82, 2.24) is 0 Å². The number of esters is 1. The van der Waals surface area contributed by atoms with Crippen molar-refractivity contribution >= 4 is 17.6 Å². The maximum Gasteiger partial charge on any atom is 0.338 e. The quantitative estimate of drug-likeness (QED) is 0.652. The van der Waals surface area contributed by atoms with Gasteiger partial charge < -0.3 is 9.84 Å². The summed E-state index contributed by atoms with van der Waals surface area (Å²) in [6.07, 6.45) is 1.51. The van der Waals surface area contributed by atoms with Crippen molar-refractivity contribution in [2.45, 2.75) is 13.3 Å². The number of aliphatic hydroxyl groups is 1. The maximum absolute atomic E-state index is 11.5. The van der Waals surface area contributed by atoms with E-state index in [2.05, 4.69) is 4.74 Å². The Morgan fingerprint density at radius 2 is 2.25 bits per heavy atom. The first-order valence-electron chi connectivity index (χ1n) is 4.75. The molecule has 0 bridgehead atoms. The molecule has 0 heterocycles. The standard InChI is InChI=1S/C12H13ClO3/c1-8(7-14)5-9-3-4-10(13)6-11(9)12(15)16-2/h3-4,6-7,14H,5H2,1-2H3/b8-7+. The summed E-state index contributed by atoms with van der Waals surface area (Å²) in [5.74, 6) is -0.428. The van der Waals surface area contributed by atoms with Gasteiger partial charge in [0.25, 0.3) is 0 Å². The lowest BCUT2D eigenvalue weighted by atomic mass is 10.0. The van der Waals surface area contributed by atoms with Crippen molar-refractivity contribution in [3.8, 4) is 0 Å². The van der Waals surface area contributed by atoms with Crippen LogP contribution in [0, 0.1) is 0 Å². The zero-order valence-electron chi connectivity index (χ0n) is 9.16. The van der Waals surface area contributed by atoms with Crippen molar-refractivity contribution < 1.29 is 14.6 Å². The second-order valence-corrected chi connectivity index (χ2v) is 3.88. The lowest BCUT2D eigenvalue weighted by molar-refractivity contribution is 0.0599. The van der Waals surface area contributed by atoms with Gasteiger partial charge in [-0.05, 0) is 36.6 Å². The molecule has 0 aliphatic rings. The number of benzene rings is 1. The molecule has 0 aliphatic heterocycles. The van der Waals surface area contributed by atoms with E-state index in [0.717, 1.165) is 17.4 Å². The van der Waals surface area contributed by atoms with E-state index in [0.29, 0.717) is 17.0 Å². The zero-order valence-corrected chi connectivity index (χ0v) is 9.91. The highest BCUT2D eigenvalue weighted by molar-refractivity contribution is 6.31. The van der Waals surface area contributed by atoms with Crippen LogP contribution >= 0.6 is 11.6 Å². The minimum Gasteiger partial charge on any atom is -0.516 e. The number of hydrogen-bond donors (Lipinski definition) is 1. The molecule has 1 rings (SSSR count). The molecule has 0 aromatic heterocycles. The van der Waals surface area contributed by atoms with Crippen LogP contribution in [0.2, 0.25) is 5.02 Å². The smallest absolute Gasteiger partial charge is 0.338 e. The third kappa shape index (κ3) is 3.00. The number of aliphatic hydroxyl groups excluding tert-OH is 1. The molecule has 1 aromatic carbocycles. The normalized spacial score (nSPS) is 11.3. The van der Waals surface area contributed by atoms with Gasteiger partial charge >= 0.3 is 5.97 Å². The Morgan fingerprint density at radius 1 is 1.56 bits per heavy atom. The molecular weight excluding hydrogens is 228 g/mol. The maximum atomic E-state index is 11.5. The van der Waals surface area contributed by atoms with Crippen LogP contribution in [0.15, 0.2) is 30.0 Å². The molecule has 0 aliphatic carbocycles. The average Bonchev–Trinajstić information content (AvgIpc) is 2.30. The summed E-state index contributed by atoms with van der Waals surface area (Å²) in [6.45, 7) is 1.77. The molecule has 1 aromatic rings. The van der Waals surface area contributed by atoms with E-state index >= 15 is 0 Å². The van der Waals surface area contributed by atoms with Crippen LogP contribution in [0.25, 0.3) is 0 Å². The van der Waals surface area contributed by atoms with Crippen LogP contribution in [-0.4, -0.2) is 18.2 Å². The van der Waals surface area contributed by atoms with E-state index in [1.807, 2.05) is 0 Å². The predicted molar refractivity (Wildman–Crippen MR) is 62.9 cm³/mol. The number of ether oxygens (including phenoxy) is 1. The Morgan fingerprint density at radius 3 is 2.81 bits per heavy atom. The fourth-order valence-corrected chi connectivity index (χ4v) is 1.52. The molecule has 0 unspecified atom stereocenters. The highest BCUT2D eigenvalue weighted by atomic mass is 35.5. The summed E-state index contributed by atoms with van der Waals surface area (Å²) in [7, 11) is 1.32. The van der Waals surface area contributed by atoms with Crippen LogP contribution in [-0.2, 0) is 11.2 Å². The van der Waals surface area contributed by atoms with Gasteiger partial charge in [-0.15, -0.1) is 0 Å². The van der Waals surface area contributed by atoms with E-state index in [1.54, 1.807) is 25.1 Å². The Labute approximate surface area is 99.3 Å². The molecule has 16 heavy (non-hydrogen) atoms. The highest BCUT2D eigenvalue weighted by Gasteiger charge is 2.12. The fourth-order valence-electron chi connectivity index (χ4n) is 1.35.